The minimum atomic E-state index is -0.103. The summed E-state index contributed by atoms with van der Waals surface area (Å²) in [6.07, 6.45) is 4.17. The second kappa shape index (κ2) is 7.97. The molecule has 0 atom stereocenters. The lowest BCUT2D eigenvalue weighted by molar-refractivity contribution is -0.115. The Bertz CT molecular complexity index is 790. The van der Waals surface area contributed by atoms with Gasteiger partial charge in [0.25, 0.3) is 5.91 Å². The molecule has 0 saturated heterocycles. The third kappa shape index (κ3) is 4.23. The average Bonchev–Trinajstić information content (AvgIpc) is 3.14. The molecule has 0 aliphatic carbocycles. The molecule has 3 aromatic rings. The van der Waals surface area contributed by atoms with E-state index in [9.17, 15) is 4.79 Å². The summed E-state index contributed by atoms with van der Waals surface area (Å²) < 4.78 is 5.35. The van der Waals surface area contributed by atoms with Gasteiger partial charge in [-0.2, -0.15) is 0 Å². The van der Waals surface area contributed by atoms with Crippen LogP contribution in [-0.4, -0.2) is 12.5 Å². The maximum atomic E-state index is 12.6. The predicted molar refractivity (Wildman–Crippen MR) is 96.2 cm³/mol. The van der Waals surface area contributed by atoms with Crippen LogP contribution in [0.25, 0.3) is 11.6 Å². The standard InChI is InChI=1S/C21H19NO2/c23-21(22-14-13-17-8-3-1-4-9-17)20(16-19-12-7-15-24-19)18-10-5-2-6-11-18/h1-12,15-16H,13-14H2,(H,22,23). The van der Waals surface area contributed by atoms with E-state index in [-0.39, 0.29) is 5.91 Å². The largest absolute Gasteiger partial charge is 0.465 e. The van der Waals surface area contributed by atoms with Crippen LogP contribution >= 0.6 is 0 Å². The van der Waals surface area contributed by atoms with Gasteiger partial charge in [-0.05, 0) is 35.8 Å². The Labute approximate surface area is 141 Å². The maximum absolute atomic E-state index is 12.6. The first-order valence-corrected chi connectivity index (χ1v) is 7.96. The van der Waals surface area contributed by atoms with Gasteiger partial charge in [0.1, 0.15) is 5.76 Å². The molecule has 0 aliphatic rings. The van der Waals surface area contributed by atoms with Crippen LogP contribution in [-0.2, 0) is 11.2 Å². The Morgan fingerprint density at radius 1 is 0.917 bits per heavy atom. The number of hydrogen-bond donors (Lipinski definition) is 1. The van der Waals surface area contributed by atoms with Gasteiger partial charge < -0.3 is 9.73 Å². The first-order valence-electron chi connectivity index (χ1n) is 7.96. The van der Waals surface area contributed by atoms with Crippen molar-refractivity contribution in [2.75, 3.05) is 6.54 Å². The highest BCUT2D eigenvalue weighted by molar-refractivity contribution is 6.24. The van der Waals surface area contributed by atoms with Gasteiger partial charge in [-0.1, -0.05) is 60.7 Å². The number of nitrogens with one attached hydrogen (secondary N) is 1. The maximum Gasteiger partial charge on any atom is 0.252 e. The van der Waals surface area contributed by atoms with Crippen molar-refractivity contribution in [3.63, 3.8) is 0 Å². The van der Waals surface area contributed by atoms with E-state index in [0.717, 1.165) is 12.0 Å². The number of rotatable bonds is 6. The lowest BCUT2D eigenvalue weighted by Crippen LogP contribution is -2.26. The van der Waals surface area contributed by atoms with E-state index in [0.29, 0.717) is 17.9 Å². The Morgan fingerprint density at radius 2 is 1.62 bits per heavy atom. The number of carbonyl (C=O) groups excluding carboxylic acids is 1. The molecule has 2 aromatic carbocycles. The van der Waals surface area contributed by atoms with Crippen molar-refractivity contribution >= 4 is 17.6 Å². The van der Waals surface area contributed by atoms with E-state index >= 15 is 0 Å². The van der Waals surface area contributed by atoms with E-state index < -0.39 is 0 Å². The molecule has 0 bridgehead atoms. The fraction of sp³-hybridized carbons (Fsp3) is 0.0952. The van der Waals surface area contributed by atoms with E-state index in [1.54, 1.807) is 12.3 Å². The minimum absolute atomic E-state index is 0.103. The third-order valence-electron chi connectivity index (χ3n) is 3.70. The second-order valence-electron chi connectivity index (χ2n) is 5.43. The summed E-state index contributed by atoms with van der Waals surface area (Å²) in [5.74, 6) is 0.556. The zero-order chi connectivity index (χ0) is 16.6. The third-order valence-corrected chi connectivity index (χ3v) is 3.70. The van der Waals surface area contributed by atoms with Crippen molar-refractivity contribution in [1.82, 2.24) is 5.32 Å². The molecule has 120 valence electrons. The summed E-state index contributed by atoms with van der Waals surface area (Å²) in [7, 11) is 0. The molecule has 3 rings (SSSR count). The Kier molecular flexibility index (Phi) is 5.25. The normalized spacial score (nSPS) is 11.2. The van der Waals surface area contributed by atoms with Crippen LogP contribution in [0.1, 0.15) is 16.9 Å². The molecule has 1 amide bonds. The molecule has 1 heterocycles. The van der Waals surface area contributed by atoms with Crippen LogP contribution in [0.4, 0.5) is 0 Å². The molecule has 0 fully saturated rings. The topological polar surface area (TPSA) is 42.2 Å². The Balaban J connectivity index is 1.72. The highest BCUT2D eigenvalue weighted by Gasteiger charge is 2.12. The van der Waals surface area contributed by atoms with Gasteiger partial charge in [0.05, 0.1) is 11.8 Å². The average molecular weight is 317 g/mol. The number of furan rings is 1. The summed E-state index contributed by atoms with van der Waals surface area (Å²) in [5.41, 5.74) is 2.67. The molecule has 0 aliphatic heterocycles. The molecule has 0 unspecified atom stereocenters. The van der Waals surface area contributed by atoms with Gasteiger partial charge in [0, 0.05) is 6.54 Å². The summed E-state index contributed by atoms with van der Waals surface area (Å²) >= 11 is 0. The first-order chi connectivity index (χ1) is 11.8. The van der Waals surface area contributed by atoms with Gasteiger partial charge in [-0.3, -0.25) is 4.79 Å². The van der Waals surface area contributed by atoms with Gasteiger partial charge in [0.15, 0.2) is 0 Å². The molecule has 3 nitrogen and oxygen atoms in total. The predicted octanol–water partition coefficient (Wildman–Crippen LogP) is 4.18. The van der Waals surface area contributed by atoms with E-state index in [4.69, 9.17) is 4.42 Å². The summed E-state index contributed by atoms with van der Waals surface area (Å²) in [6, 6.07) is 23.4. The van der Waals surface area contributed by atoms with Crippen LogP contribution in [0.5, 0.6) is 0 Å². The van der Waals surface area contributed by atoms with Gasteiger partial charge in [0.2, 0.25) is 0 Å². The molecule has 0 radical (unpaired) electrons. The zero-order valence-corrected chi connectivity index (χ0v) is 13.3. The van der Waals surface area contributed by atoms with Crippen LogP contribution in [0, 0.1) is 0 Å². The van der Waals surface area contributed by atoms with Gasteiger partial charge in [-0.25, -0.2) is 0 Å². The lowest BCUT2D eigenvalue weighted by Gasteiger charge is -2.09. The summed E-state index contributed by atoms with van der Waals surface area (Å²) in [6.45, 7) is 0.588. The van der Waals surface area contributed by atoms with Crippen LogP contribution in [0.3, 0.4) is 0 Å². The van der Waals surface area contributed by atoms with E-state index in [1.165, 1.54) is 5.56 Å². The summed E-state index contributed by atoms with van der Waals surface area (Å²) in [5, 5.41) is 2.99. The Morgan fingerprint density at radius 3 is 2.29 bits per heavy atom. The second-order valence-corrected chi connectivity index (χ2v) is 5.43. The van der Waals surface area contributed by atoms with Crippen molar-refractivity contribution in [2.45, 2.75) is 6.42 Å². The summed E-state index contributed by atoms with van der Waals surface area (Å²) in [4.78, 5) is 12.6. The fourth-order valence-electron chi connectivity index (χ4n) is 2.47. The highest BCUT2D eigenvalue weighted by Crippen LogP contribution is 2.18. The van der Waals surface area contributed by atoms with E-state index in [1.807, 2.05) is 60.7 Å². The monoisotopic (exact) mass is 317 g/mol. The van der Waals surface area contributed by atoms with E-state index in [2.05, 4.69) is 17.4 Å². The molecule has 24 heavy (non-hydrogen) atoms. The Hall–Kier alpha value is -3.07. The van der Waals surface area contributed by atoms with Gasteiger partial charge >= 0.3 is 0 Å². The molecule has 1 N–H and O–H groups in total. The molecule has 1 aromatic heterocycles. The smallest absolute Gasteiger partial charge is 0.252 e. The minimum Gasteiger partial charge on any atom is -0.465 e. The molecule has 0 spiro atoms. The van der Waals surface area contributed by atoms with Crippen molar-refractivity contribution in [3.05, 3.63) is 95.9 Å². The lowest BCUT2D eigenvalue weighted by atomic mass is 10.0. The van der Waals surface area contributed by atoms with Crippen LogP contribution in [0.2, 0.25) is 0 Å². The number of hydrogen-bond acceptors (Lipinski definition) is 2. The van der Waals surface area contributed by atoms with Crippen LogP contribution in [0.15, 0.2) is 83.5 Å². The molecular weight excluding hydrogens is 298 g/mol. The number of carbonyl (C=O) groups is 1. The molecule has 3 heteroatoms. The van der Waals surface area contributed by atoms with Crippen molar-refractivity contribution in [1.29, 1.82) is 0 Å². The van der Waals surface area contributed by atoms with Crippen molar-refractivity contribution < 1.29 is 9.21 Å². The zero-order valence-electron chi connectivity index (χ0n) is 13.3. The van der Waals surface area contributed by atoms with Crippen molar-refractivity contribution in [2.24, 2.45) is 0 Å². The number of benzene rings is 2. The number of amides is 1. The van der Waals surface area contributed by atoms with Crippen molar-refractivity contribution in [3.8, 4) is 0 Å². The van der Waals surface area contributed by atoms with Gasteiger partial charge in [-0.15, -0.1) is 0 Å². The first kappa shape index (κ1) is 15.8. The molecule has 0 saturated carbocycles. The van der Waals surface area contributed by atoms with Crippen LogP contribution < -0.4 is 5.32 Å². The fourth-order valence-corrected chi connectivity index (χ4v) is 2.47. The SMILES string of the molecule is O=C(NCCc1ccccc1)C(=Cc1ccco1)c1ccccc1. The highest BCUT2D eigenvalue weighted by atomic mass is 16.3. The quantitative estimate of drug-likeness (QED) is 0.693. The molecular formula is C21H19NO2.